The Bertz CT molecular complexity index is 1010. The molecule has 0 bridgehead atoms. The van der Waals surface area contributed by atoms with Gasteiger partial charge in [0.15, 0.2) is 5.69 Å². The Morgan fingerprint density at radius 1 is 1.27 bits per heavy atom. The number of carbonyl (C=O) groups is 1. The quantitative estimate of drug-likeness (QED) is 0.585. The summed E-state index contributed by atoms with van der Waals surface area (Å²) in [4.78, 5) is 42.4. The number of H-pyrrole nitrogens is 1. The van der Waals surface area contributed by atoms with Crippen LogP contribution in [0.3, 0.4) is 0 Å². The number of nitrogens with zero attached hydrogens (tertiary/aromatic N) is 2. The predicted octanol–water partition coefficient (Wildman–Crippen LogP) is 2.16. The molecule has 0 saturated carbocycles. The number of rotatable bonds is 9. The average molecular weight is 435 g/mol. The molecule has 0 radical (unpaired) electrons. The van der Waals surface area contributed by atoms with Gasteiger partial charge in [0, 0.05) is 25.1 Å². The number of methoxy groups -OCH3 is 1. The molecule has 164 valence electrons. The van der Waals surface area contributed by atoms with Crippen molar-refractivity contribution in [3.63, 3.8) is 0 Å². The zero-order chi connectivity index (χ0) is 22.4. The van der Waals surface area contributed by atoms with E-state index in [-0.39, 0.29) is 42.2 Å². The van der Waals surface area contributed by atoms with E-state index in [1.54, 1.807) is 0 Å². The first-order valence-corrected chi connectivity index (χ1v) is 10.8. The van der Waals surface area contributed by atoms with Gasteiger partial charge in [-0.25, -0.2) is 4.79 Å². The van der Waals surface area contributed by atoms with Crippen molar-refractivity contribution >= 4 is 29.2 Å². The van der Waals surface area contributed by atoms with Crippen LogP contribution in [0.15, 0.2) is 32.7 Å². The van der Waals surface area contributed by atoms with Crippen molar-refractivity contribution in [3.8, 4) is 0 Å². The second-order valence-corrected chi connectivity index (χ2v) is 8.62. The minimum Gasteiger partial charge on any atom is -0.383 e. The van der Waals surface area contributed by atoms with Crippen molar-refractivity contribution in [2.24, 2.45) is 5.92 Å². The molecular formula is C21H30N4O4S. The van der Waals surface area contributed by atoms with Crippen LogP contribution in [0.25, 0.3) is 0 Å². The molecule has 2 aromatic rings. The Kier molecular flexibility index (Phi) is 8.31. The number of aromatic nitrogens is 2. The van der Waals surface area contributed by atoms with E-state index < -0.39 is 11.2 Å². The summed E-state index contributed by atoms with van der Waals surface area (Å²) in [5.74, 6) is -0.0541. The second-order valence-electron chi connectivity index (χ2n) is 7.57. The summed E-state index contributed by atoms with van der Waals surface area (Å²) >= 11 is 1.38. The number of nitrogens with two attached hydrogens (primary N) is 1. The smallest absolute Gasteiger partial charge is 0.330 e. The van der Waals surface area contributed by atoms with Crippen molar-refractivity contribution in [2.45, 2.75) is 39.1 Å². The number of hydrogen-bond donors (Lipinski definition) is 2. The number of thioether (sulfide) groups is 1. The zero-order valence-corrected chi connectivity index (χ0v) is 19.0. The Balaban J connectivity index is 2.36. The Labute approximate surface area is 180 Å². The predicted molar refractivity (Wildman–Crippen MR) is 121 cm³/mol. The first kappa shape index (κ1) is 23.8. The molecule has 0 spiro atoms. The number of aromatic amines is 1. The molecule has 8 nitrogen and oxygen atoms in total. The summed E-state index contributed by atoms with van der Waals surface area (Å²) in [5, 5.41) is 0. The number of amides is 1. The van der Waals surface area contributed by atoms with Gasteiger partial charge in [0.1, 0.15) is 5.82 Å². The van der Waals surface area contributed by atoms with Crippen LogP contribution in [0.1, 0.15) is 25.0 Å². The summed E-state index contributed by atoms with van der Waals surface area (Å²) in [7, 11) is 1.51. The lowest BCUT2D eigenvalue weighted by molar-refractivity contribution is -0.116. The van der Waals surface area contributed by atoms with E-state index in [0.717, 1.165) is 10.5 Å². The highest BCUT2D eigenvalue weighted by Gasteiger charge is 2.24. The second kappa shape index (κ2) is 10.5. The van der Waals surface area contributed by atoms with E-state index in [0.29, 0.717) is 6.54 Å². The molecule has 0 atom stereocenters. The van der Waals surface area contributed by atoms with Gasteiger partial charge in [0.25, 0.3) is 5.56 Å². The molecule has 0 aliphatic carbocycles. The monoisotopic (exact) mass is 434 g/mol. The Morgan fingerprint density at radius 2 is 1.97 bits per heavy atom. The molecule has 9 heteroatoms. The minimum absolute atomic E-state index is 0.0157. The van der Waals surface area contributed by atoms with E-state index in [2.05, 4.69) is 4.98 Å². The Morgan fingerprint density at radius 3 is 2.57 bits per heavy atom. The maximum atomic E-state index is 13.1. The van der Waals surface area contributed by atoms with Gasteiger partial charge in [0.05, 0.1) is 12.4 Å². The summed E-state index contributed by atoms with van der Waals surface area (Å²) < 4.78 is 6.41. The van der Waals surface area contributed by atoms with E-state index in [4.69, 9.17) is 10.5 Å². The molecule has 1 heterocycles. The van der Waals surface area contributed by atoms with Gasteiger partial charge in [-0.2, -0.15) is 0 Å². The number of ether oxygens (including phenoxy) is 1. The Hall–Kier alpha value is -2.52. The van der Waals surface area contributed by atoms with E-state index in [1.165, 1.54) is 33.9 Å². The third kappa shape index (κ3) is 5.76. The molecule has 1 aromatic heterocycles. The topological polar surface area (TPSA) is 110 Å². The highest BCUT2D eigenvalue weighted by Crippen LogP contribution is 2.24. The van der Waals surface area contributed by atoms with Crippen LogP contribution in [-0.4, -0.2) is 41.5 Å². The lowest BCUT2D eigenvalue weighted by atomic mass is 10.1. The summed E-state index contributed by atoms with van der Waals surface area (Å²) in [6.45, 7) is 8.62. The van der Waals surface area contributed by atoms with Gasteiger partial charge in [-0.05, 0) is 43.0 Å². The third-order valence-corrected chi connectivity index (χ3v) is 5.67. The van der Waals surface area contributed by atoms with Gasteiger partial charge in [-0.3, -0.25) is 19.1 Å². The van der Waals surface area contributed by atoms with Gasteiger partial charge >= 0.3 is 5.69 Å². The van der Waals surface area contributed by atoms with Crippen molar-refractivity contribution in [3.05, 3.63) is 50.2 Å². The van der Waals surface area contributed by atoms with Crippen LogP contribution in [0.5, 0.6) is 0 Å². The summed E-state index contributed by atoms with van der Waals surface area (Å²) in [6, 6.07) is 6.00. The molecule has 0 fully saturated rings. The van der Waals surface area contributed by atoms with Crippen LogP contribution in [0.4, 0.5) is 11.5 Å². The molecule has 0 unspecified atom stereocenters. The number of carbonyl (C=O) groups excluding carboxylic acids is 1. The molecule has 1 aromatic carbocycles. The van der Waals surface area contributed by atoms with Gasteiger partial charge in [-0.1, -0.05) is 19.9 Å². The van der Waals surface area contributed by atoms with Crippen LogP contribution in [0.2, 0.25) is 0 Å². The largest absolute Gasteiger partial charge is 0.383 e. The number of nitrogen functional groups attached to an aromatic ring is 1. The van der Waals surface area contributed by atoms with Crippen molar-refractivity contribution in [1.82, 2.24) is 9.55 Å². The fourth-order valence-corrected chi connectivity index (χ4v) is 3.83. The summed E-state index contributed by atoms with van der Waals surface area (Å²) in [6.07, 6.45) is 0. The highest BCUT2D eigenvalue weighted by molar-refractivity contribution is 8.00. The van der Waals surface area contributed by atoms with Crippen molar-refractivity contribution < 1.29 is 9.53 Å². The molecule has 3 N–H and O–H groups in total. The number of anilines is 2. The third-order valence-electron chi connectivity index (χ3n) is 4.69. The number of aryl methyl sites for hydroxylation is 2. The van der Waals surface area contributed by atoms with E-state index in [1.807, 2.05) is 45.9 Å². The highest BCUT2D eigenvalue weighted by atomic mass is 32.2. The van der Waals surface area contributed by atoms with Crippen LogP contribution < -0.4 is 21.9 Å². The van der Waals surface area contributed by atoms with Gasteiger partial charge in [0.2, 0.25) is 5.91 Å². The molecule has 30 heavy (non-hydrogen) atoms. The number of hydrogen-bond acceptors (Lipinski definition) is 6. The van der Waals surface area contributed by atoms with Crippen LogP contribution >= 0.6 is 11.8 Å². The van der Waals surface area contributed by atoms with E-state index in [9.17, 15) is 14.4 Å². The maximum Gasteiger partial charge on any atom is 0.330 e. The molecule has 1 amide bonds. The zero-order valence-electron chi connectivity index (χ0n) is 18.2. The normalized spacial score (nSPS) is 11.1. The van der Waals surface area contributed by atoms with Crippen LogP contribution in [-0.2, 0) is 16.1 Å². The summed E-state index contributed by atoms with van der Waals surface area (Å²) in [5.41, 5.74) is 7.23. The first-order valence-electron chi connectivity index (χ1n) is 9.77. The van der Waals surface area contributed by atoms with Crippen molar-refractivity contribution in [2.75, 3.05) is 36.6 Å². The molecule has 0 saturated heterocycles. The fraction of sp³-hybridized carbons (Fsp3) is 0.476. The van der Waals surface area contributed by atoms with E-state index >= 15 is 0 Å². The maximum absolute atomic E-state index is 13.1. The van der Waals surface area contributed by atoms with Crippen LogP contribution in [0, 0.1) is 19.8 Å². The first-order chi connectivity index (χ1) is 14.1. The van der Waals surface area contributed by atoms with Gasteiger partial charge < -0.3 is 15.4 Å². The standard InChI is InChI=1S/C21H30N4O4S/c1-13(2)11-25-19(22)18(20(27)23-21(25)28)24(8-9-29-5)17(26)12-30-16-7-6-14(3)15(4)10-16/h6-7,10,13H,8-9,11-12,22H2,1-5H3,(H,23,27,28). The fourth-order valence-electron chi connectivity index (χ4n) is 2.96. The number of nitrogens with one attached hydrogen (secondary N) is 1. The number of benzene rings is 1. The molecule has 2 rings (SSSR count). The minimum atomic E-state index is -0.682. The molecule has 0 aliphatic heterocycles. The lowest BCUT2D eigenvalue weighted by Crippen LogP contribution is -2.43. The lowest BCUT2D eigenvalue weighted by Gasteiger charge is -2.24. The molecular weight excluding hydrogens is 404 g/mol. The van der Waals surface area contributed by atoms with Gasteiger partial charge in [-0.15, -0.1) is 11.8 Å². The molecule has 0 aliphatic rings. The SMILES string of the molecule is COCCN(C(=O)CSc1ccc(C)c(C)c1)c1c(N)n(CC(C)C)c(=O)[nH]c1=O. The average Bonchev–Trinajstić information content (AvgIpc) is 2.68. The van der Waals surface area contributed by atoms with Crippen molar-refractivity contribution in [1.29, 1.82) is 0 Å².